The van der Waals surface area contributed by atoms with Crippen LogP contribution in [0.3, 0.4) is 0 Å². The van der Waals surface area contributed by atoms with Crippen molar-refractivity contribution in [2.45, 2.75) is 57.3 Å². The van der Waals surface area contributed by atoms with Crippen LogP contribution in [0, 0.1) is 5.82 Å². The van der Waals surface area contributed by atoms with Gasteiger partial charge in [-0.2, -0.15) is 0 Å². The van der Waals surface area contributed by atoms with Gasteiger partial charge < -0.3 is 10.1 Å². The van der Waals surface area contributed by atoms with Gasteiger partial charge in [0.2, 0.25) is 5.95 Å². The number of alkyl halides is 1. The summed E-state index contributed by atoms with van der Waals surface area (Å²) in [4.78, 5) is 15.9. The monoisotopic (exact) mass is 481 g/mol. The molecular formula is C25H29F2N7O. The molecule has 2 fully saturated rings. The molecule has 184 valence electrons. The minimum atomic E-state index is -1.45. The second kappa shape index (κ2) is 8.30. The van der Waals surface area contributed by atoms with Gasteiger partial charge in [0.15, 0.2) is 5.82 Å². The summed E-state index contributed by atoms with van der Waals surface area (Å²) in [6.45, 7) is 8.16. The average molecular weight is 482 g/mol. The first-order valence-corrected chi connectivity index (χ1v) is 12.1. The molecular weight excluding hydrogens is 452 g/mol. The van der Waals surface area contributed by atoms with Crippen LogP contribution in [-0.4, -0.2) is 74.2 Å². The zero-order valence-electron chi connectivity index (χ0n) is 20.1. The number of anilines is 1. The molecule has 3 aliphatic heterocycles. The highest BCUT2D eigenvalue weighted by Gasteiger charge is 2.43. The van der Waals surface area contributed by atoms with E-state index in [0.29, 0.717) is 49.0 Å². The third-order valence-electron chi connectivity index (χ3n) is 7.41. The van der Waals surface area contributed by atoms with Crippen molar-refractivity contribution in [3.05, 3.63) is 36.0 Å². The molecule has 0 amide bonds. The number of hydrogen-bond donors (Lipinski definition) is 1. The summed E-state index contributed by atoms with van der Waals surface area (Å²) in [6, 6.07) is 3.54. The number of halogens is 2. The van der Waals surface area contributed by atoms with E-state index in [2.05, 4.69) is 32.2 Å². The number of nitrogens with zero attached hydrogens (tertiary/aromatic N) is 6. The van der Waals surface area contributed by atoms with E-state index in [1.54, 1.807) is 19.2 Å². The van der Waals surface area contributed by atoms with Crippen molar-refractivity contribution < 1.29 is 13.5 Å². The van der Waals surface area contributed by atoms with E-state index < -0.39 is 17.5 Å². The highest BCUT2D eigenvalue weighted by molar-refractivity contribution is 5.88. The van der Waals surface area contributed by atoms with Gasteiger partial charge in [-0.15, -0.1) is 5.10 Å². The van der Waals surface area contributed by atoms with Crippen LogP contribution in [-0.2, 0) is 4.74 Å². The molecule has 6 rings (SSSR count). The Labute approximate surface area is 202 Å². The quantitative estimate of drug-likeness (QED) is 0.603. The molecule has 2 saturated heterocycles. The number of aliphatic imine (C=N–C) groups is 1. The van der Waals surface area contributed by atoms with Crippen molar-refractivity contribution in [1.29, 1.82) is 0 Å². The lowest BCUT2D eigenvalue weighted by Gasteiger charge is -2.46. The molecule has 0 bridgehead atoms. The third kappa shape index (κ3) is 3.98. The Morgan fingerprint density at radius 1 is 1.26 bits per heavy atom. The number of hydrogen-bond acceptors (Lipinski definition) is 7. The van der Waals surface area contributed by atoms with E-state index in [0.717, 1.165) is 30.1 Å². The Hall–Kier alpha value is -2.98. The van der Waals surface area contributed by atoms with Crippen molar-refractivity contribution in [2.75, 3.05) is 31.6 Å². The maximum atomic E-state index is 15.5. The summed E-state index contributed by atoms with van der Waals surface area (Å²) >= 11 is 0. The predicted molar refractivity (Wildman–Crippen MR) is 130 cm³/mol. The van der Waals surface area contributed by atoms with E-state index in [1.165, 1.54) is 10.7 Å². The van der Waals surface area contributed by atoms with Gasteiger partial charge in [0.05, 0.1) is 65.8 Å². The van der Waals surface area contributed by atoms with Crippen LogP contribution in [0.5, 0.6) is 0 Å². The summed E-state index contributed by atoms with van der Waals surface area (Å²) in [5.74, 6) is 0.0493. The predicted octanol–water partition coefficient (Wildman–Crippen LogP) is 4.14. The number of pyridine rings is 1. The Kier molecular flexibility index (Phi) is 5.33. The third-order valence-corrected chi connectivity index (χ3v) is 7.41. The first kappa shape index (κ1) is 22.5. The molecule has 3 aromatic rings. The zero-order valence-corrected chi connectivity index (χ0v) is 20.1. The van der Waals surface area contributed by atoms with Crippen LogP contribution in [0.25, 0.3) is 16.8 Å². The second-order valence-electron chi connectivity index (χ2n) is 10.2. The first-order chi connectivity index (χ1) is 16.8. The zero-order chi connectivity index (χ0) is 24.3. The van der Waals surface area contributed by atoms with Gasteiger partial charge in [-0.3, -0.25) is 14.9 Å². The standard InChI is InChI=1S/C25H29F2N7O/c1-14-8-15(2)29-19-5-4-18(30-23(14)19)22-17(26)10-34-20(22)9-28-24(32-34)31-21-6-7-33(13-25(21,3)27)16-11-35-12-16/h4-5,9-10,14,16,21H,6-8,11-13H2,1-3H3,(H,31,32)/t14?,21-,25?/m1/s1. The van der Waals surface area contributed by atoms with Crippen LogP contribution in [0.15, 0.2) is 29.5 Å². The topological polar surface area (TPSA) is 79.9 Å². The first-order valence-electron chi connectivity index (χ1n) is 12.1. The van der Waals surface area contributed by atoms with Gasteiger partial charge in [0.1, 0.15) is 5.67 Å². The van der Waals surface area contributed by atoms with Crippen molar-refractivity contribution in [3.63, 3.8) is 0 Å². The summed E-state index contributed by atoms with van der Waals surface area (Å²) in [7, 11) is 0. The molecule has 3 aliphatic rings. The minimum absolute atomic E-state index is 0.213. The lowest BCUT2D eigenvalue weighted by molar-refractivity contribution is -0.0924. The van der Waals surface area contributed by atoms with E-state index in [4.69, 9.17) is 9.72 Å². The van der Waals surface area contributed by atoms with Gasteiger partial charge in [-0.05, 0) is 38.8 Å². The van der Waals surface area contributed by atoms with E-state index in [1.807, 2.05) is 13.0 Å². The lowest BCUT2D eigenvalue weighted by atomic mass is 9.89. The summed E-state index contributed by atoms with van der Waals surface area (Å²) in [6.07, 6.45) is 4.34. The minimum Gasteiger partial charge on any atom is -0.378 e. The number of likely N-dealkylation sites (tertiary alicyclic amines) is 1. The highest BCUT2D eigenvalue weighted by atomic mass is 19.1. The van der Waals surface area contributed by atoms with Crippen LogP contribution in [0.4, 0.5) is 20.4 Å². The van der Waals surface area contributed by atoms with Gasteiger partial charge in [-0.1, -0.05) is 6.92 Å². The number of aromatic nitrogens is 4. The Morgan fingerprint density at radius 3 is 2.83 bits per heavy atom. The van der Waals surface area contributed by atoms with Crippen LogP contribution in [0.1, 0.15) is 45.2 Å². The highest BCUT2D eigenvalue weighted by Crippen LogP contribution is 2.36. The SMILES string of the molecule is CC1=Nc2ccc(-c3c(F)cn4nc(N[C@@H]5CCN(C6COC6)CC5(C)F)ncc34)nc2C(C)C1. The fourth-order valence-electron chi connectivity index (χ4n) is 5.42. The largest absolute Gasteiger partial charge is 0.378 e. The molecule has 3 atom stereocenters. The molecule has 6 heterocycles. The number of fused-ring (bicyclic) bond motifs is 2. The Bertz CT molecular complexity index is 1320. The molecule has 1 N–H and O–H groups in total. The van der Waals surface area contributed by atoms with Gasteiger partial charge in [0, 0.05) is 24.7 Å². The lowest BCUT2D eigenvalue weighted by Crippen LogP contribution is -2.61. The Morgan fingerprint density at radius 2 is 2.09 bits per heavy atom. The van der Waals surface area contributed by atoms with Crippen molar-refractivity contribution in [3.8, 4) is 11.3 Å². The molecule has 0 spiro atoms. The molecule has 0 saturated carbocycles. The van der Waals surface area contributed by atoms with E-state index >= 15 is 8.78 Å². The number of piperidine rings is 1. The summed E-state index contributed by atoms with van der Waals surface area (Å²) in [5, 5.41) is 7.59. The van der Waals surface area contributed by atoms with Crippen molar-refractivity contribution in [2.24, 2.45) is 4.99 Å². The van der Waals surface area contributed by atoms with Crippen LogP contribution >= 0.6 is 0 Å². The summed E-state index contributed by atoms with van der Waals surface area (Å²) < 4.78 is 37.3. The maximum absolute atomic E-state index is 15.5. The molecule has 35 heavy (non-hydrogen) atoms. The van der Waals surface area contributed by atoms with E-state index in [-0.39, 0.29) is 11.9 Å². The van der Waals surface area contributed by atoms with E-state index in [9.17, 15) is 0 Å². The smallest absolute Gasteiger partial charge is 0.241 e. The molecule has 0 radical (unpaired) electrons. The fourth-order valence-corrected chi connectivity index (χ4v) is 5.42. The van der Waals surface area contributed by atoms with Gasteiger partial charge >= 0.3 is 0 Å². The Balaban J connectivity index is 1.26. The van der Waals surface area contributed by atoms with Crippen molar-refractivity contribution >= 4 is 22.9 Å². The normalized spacial score (nSPS) is 27.4. The maximum Gasteiger partial charge on any atom is 0.241 e. The van der Waals surface area contributed by atoms with Crippen molar-refractivity contribution in [1.82, 2.24) is 24.5 Å². The molecule has 8 nitrogen and oxygen atoms in total. The molecule has 2 unspecified atom stereocenters. The van der Waals surface area contributed by atoms with Crippen LogP contribution in [0.2, 0.25) is 0 Å². The number of rotatable bonds is 4. The number of ether oxygens (including phenoxy) is 1. The number of nitrogens with one attached hydrogen (secondary N) is 1. The molecule has 3 aromatic heterocycles. The van der Waals surface area contributed by atoms with Crippen LogP contribution < -0.4 is 5.32 Å². The average Bonchev–Trinajstić information content (AvgIpc) is 3.09. The molecule has 0 aliphatic carbocycles. The summed E-state index contributed by atoms with van der Waals surface area (Å²) in [5.41, 5.74) is 2.70. The van der Waals surface area contributed by atoms with Gasteiger partial charge in [-0.25, -0.2) is 18.3 Å². The molecule has 10 heteroatoms. The molecule has 0 aromatic carbocycles. The fraction of sp³-hybridized carbons (Fsp3) is 0.520. The second-order valence-corrected chi connectivity index (χ2v) is 10.2. The van der Waals surface area contributed by atoms with Gasteiger partial charge in [0.25, 0.3) is 0 Å².